The van der Waals surface area contributed by atoms with Crippen molar-refractivity contribution in [3.63, 3.8) is 0 Å². The number of furan rings is 1. The Morgan fingerprint density at radius 3 is 3.00 bits per heavy atom. The topological polar surface area (TPSA) is 64.9 Å². The highest BCUT2D eigenvalue weighted by Crippen LogP contribution is 2.32. The predicted molar refractivity (Wildman–Crippen MR) is 59.8 cm³/mol. The van der Waals surface area contributed by atoms with Gasteiger partial charge >= 0.3 is 0 Å². The fourth-order valence-electron chi connectivity index (χ4n) is 1.11. The van der Waals surface area contributed by atoms with E-state index in [1.165, 1.54) is 17.6 Å². The van der Waals surface area contributed by atoms with Crippen LogP contribution in [0.2, 0.25) is 5.22 Å². The number of nitrogens with two attached hydrogens (primary N) is 1. The van der Waals surface area contributed by atoms with Crippen LogP contribution >= 0.6 is 22.9 Å². The van der Waals surface area contributed by atoms with Crippen LogP contribution in [0.4, 0.5) is 0 Å². The fourth-order valence-corrected chi connectivity index (χ4v) is 2.32. The molecule has 0 aliphatic rings. The van der Waals surface area contributed by atoms with E-state index in [4.69, 9.17) is 21.8 Å². The van der Waals surface area contributed by atoms with E-state index in [1.807, 2.05) is 6.92 Å². The number of rotatable bonds is 3. The van der Waals surface area contributed by atoms with Gasteiger partial charge in [0.2, 0.25) is 5.22 Å². The average molecular weight is 244 g/mol. The molecule has 0 saturated carbocycles. The first-order chi connectivity index (χ1) is 7.22. The molecule has 2 N–H and O–H groups in total. The normalized spacial score (nSPS) is 13.0. The lowest BCUT2D eigenvalue weighted by Crippen LogP contribution is -2.07. The van der Waals surface area contributed by atoms with Crippen LogP contribution in [0.3, 0.4) is 0 Å². The molecule has 15 heavy (non-hydrogen) atoms. The van der Waals surface area contributed by atoms with Gasteiger partial charge in [-0.1, -0.05) is 18.3 Å². The standard InChI is InChI=1S/C9H10ClN3OS/c1-2-6(11)9-13-12-8(15-9)5-3-4-14-7(5)10/h3-4,6H,2,11H2,1H3. The predicted octanol–water partition coefficient (Wildman–Crippen LogP) is 2.86. The summed E-state index contributed by atoms with van der Waals surface area (Å²) in [6.07, 6.45) is 2.37. The molecule has 80 valence electrons. The van der Waals surface area contributed by atoms with Gasteiger partial charge < -0.3 is 10.2 Å². The van der Waals surface area contributed by atoms with Gasteiger partial charge in [0.1, 0.15) is 5.01 Å². The van der Waals surface area contributed by atoms with Crippen LogP contribution in [0.25, 0.3) is 10.6 Å². The third-order valence-corrected chi connectivity index (χ3v) is 3.43. The van der Waals surface area contributed by atoms with Crippen molar-refractivity contribution in [2.45, 2.75) is 19.4 Å². The smallest absolute Gasteiger partial charge is 0.203 e. The Balaban J connectivity index is 2.32. The van der Waals surface area contributed by atoms with Gasteiger partial charge in [-0.25, -0.2) is 0 Å². The van der Waals surface area contributed by atoms with Gasteiger partial charge in [0.15, 0.2) is 5.01 Å². The van der Waals surface area contributed by atoms with E-state index in [1.54, 1.807) is 6.07 Å². The van der Waals surface area contributed by atoms with E-state index in [2.05, 4.69) is 10.2 Å². The first-order valence-corrected chi connectivity index (χ1v) is 5.74. The summed E-state index contributed by atoms with van der Waals surface area (Å²) >= 11 is 7.28. The van der Waals surface area contributed by atoms with Crippen molar-refractivity contribution in [3.8, 4) is 10.6 Å². The van der Waals surface area contributed by atoms with Gasteiger partial charge in [0.05, 0.1) is 17.9 Å². The molecule has 0 aliphatic carbocycles. The first-order valence-electron chi connectivity index (χ1n) is 4.54. The highest BCUT2D eigenvalue weighted by molar-refractivity contribution is 7.14. The summed E-state index contributed by atoms with van der Waals surface area (Å²) in [4.78, 5) is 0. The zero-order chi connectivity index (χ0) is 10.8. The molecular weight excluding hydrogens is 234 g/mol. The highest BCUT2D eigenvalue weighted by atomic mass is 35.5. The number of hydrogen-bond donors (Lipinski definition) is 1. The van der Waals surface area contributed by atoms with Crippen LogP contribution in [0.15, 0.2) is 16.7 Å². The molecule has 1 atom stereocenters. The Morgan fingerprint density at radius 1 is 1.60 bits per heavy atom. The summed E-state index contributed by atoms with van der Waals surface area (Å²) in [7, 11) is 0. The molecule has 4 nitrogen and oxygen atoms in total. The van der Waals surface area contributed by atoms with Crippen molar-refractivity contribution in [3.05, 3.63) is 22.6 Å². The maximum Gasteiger partial charge on any atom is 0.203 e. The second-order valence-corrected chi connectivity index (χ2v) is 4.42. The van der Waals surface area contributed by atoms with Gasteiger partial charge in [-0.05, 0) is 24.1 Å². The van der Waals surface area contributed by atoms with Crippen LogP contribution in [-0.2, 0) is 0 Å². The van der Waals surface area contributed by atoms with Gasteiger partial charge in [-0.2, -0.15) is 0 Å². The zero-order valence-corrected chi connectivity index (χ0v) is 9.68. The van der Waals surface area contributed by atoms with Crippen molar-refractivity contribution in [1.29, 1.82) is 0 Å². The molecule has 2 aromatic rings. The number of hydrogen-bond acceptors (Lipinski definition) is 5. The quantitative estimate of drug-likeness (QED) is 0.900. The molecule has 0 fully saturated rings. The minimum atomic E-state index is -0.0538. The van der Waals surface area contributed by atoms with Gasteiger partial charge in [0.25, 0.3) is 0 Å². The molecule has 0 spiro atoms. The van der Waals surface area contributed by atoms with E-state index < -0.39 is 0 Å². The highest BCUT2D eigenvalue weighted by Gasteiger charge is 2.15. The summed E-state index contributed by atoms with van der Waals surface area (Å²) in [5, 5.41) is 9.96. The maximum atomic E-state index is 5.85. The van der Waals surface area contributed by atoms with Crippen molar-refractivity contribution in [2.24, 2.45) is 5.73 Å². The molecule has 0 aliphatic heterocycles. The lowest BCUT2D eigenvalue weighted by Gasteiger charge is -2.00. The second kappa shape index (κ2) is 4.30. The third-order valence-electron chi connectivity index (χ3n) is 2.05. The molecule has 0 aromatic carbocycles. The average Bonchev–Trinajstić information content (AvgIpc) is 2.84. The maximum absolute atomic E-state index is 5.85. The van der Waals surface area contributed by atoms with Crippen LogP contribution in [0.5, 0.6) is 0 Å². The van der Waals surface area contributed by atoms with E-state index in [0.717, 1.165) is 22.0 Å². The Morgan fingerprint density at radius 2 is 2.40 bits per heavy atom. The lowest BCUT2D eigenvalue weighted by molar-refractivity contribution is 0.570. The Bertz CT molecular complexity index is 454. The SMILES string of the molecule is CCC(N)c1nnc(-c2ccoc2Cl)s1. The summed E-state index contributed by atoms with van der Waals surface area (Å²) in [5.41, 5.74) is 6.62. The van der Waals surface area contributed by atoms with E-state index in [0.29, 0.717) is 5.22 Å². The molecule has 2 aromatic heterocycles. The molecule has 0 bridgehead atoms. The summed E-state index contributed by atoms with van der Waals surface area (Å²) in [6.45, 7) is 2.01. The lowest BCUT2D eigenvalue weighted by atomic mass is 10.3. The molecule has 2 heterocycles. The van der Waals surface area contributed by atoms with Crippen LogP contribution < -0.4 is 5.73 Å². The van der Waals surface area contributed by atoms with Crippen LogP contribution in [-0.4, -0.2) is 10.2 Å². The number of nitrogens with zero attached hydrogens (tertiary/aromatic N) is 2. The van der Waals surface area contributed by atoms with Crippen molar-refractivity contribution in [2.75, 3.05) is 0 Å². The van der Waals surface area contributed by atoms with Gasteiger partial charge in [-0.3, -0.25) is 0 Å². The summed E-state index contributed by atoms with van der Waals surface area (Å²) in [5.74, 6) is 0. The molecule has 0 radical (unpaired) electrons. The Labute approximate surface area is 96.1 Å². The van der Waals surface area contributed by atoms with Gasteiger partial charge in [0, 0.05) is 0 Å². The fraction of sp³-hybridized carbons (Fsp3) is 0.333. The van der Waals surface area contributed by atoms with Crippen molar-refractivity contribution >= 4 is 22.9 Å². The summed E-state index contributed by atoms with van der Waals surface area (Å²) < 4.78 is 4.99. The van der Waals surface area contributed by atoms with Crippen LogP contribution in [0.1, 0.15) is 24.4 Å². The molecule has 0 saturated heterocycles. The van der Waals surface area contributed by atoms with E-state index in [9.17, 15) is 0 Å². The first kappa shape index (κ1) is 10.6. The third kappa shape index (κ3) is 2.04. The molecular formula is C9H10ClN3OS. The Kier molecular flexibility index (Phi) is 3.04. The van der Waals surface area contributed by atoms with Gasteiger partial charge in [-0.15, -0.1) is 10.2 Å². The minimum Gasteiger partial charge on any atom is -0.452 e. The minimum absolute atomic E-state index is 0.0538. The second-order valence-electron chi connectivity index (χ2n) is 3.07. The zero-order valence-electron chi connectivity index (χ0n) is 8.11. The number of aromatic nitrogens is 2. The molecule has 6 heteroatoms. The van der Waals surface area contributed by atoms with E-state index in [-0.39, 0.29) is 6.04 Å². The number of halogens is 1. The monoisotopic (exact) mass is 243 g/mol. The largest absolute Gasteiger partial charge is 0.452 e. The Hall–Kier alpha value is -0.910. The molecule has 2 rings (SSSR count). The molecule has 0 amide bonds. The van der Waals surface area contributed by atoms with Crippen molar-refractivity contribution in [1.82, 2.24) is 10.2 Å². The van der Waals surface area contributed by atoms with Crippen molar-refractivity contribution < 1.29 is 4.42 Å². The van der Waals surface area contributed by atoms with Crippen LogP contribution in [0, 0.1) is 0 Å². The molecule has 1 unspecified atom stereocenters. The summed E-state index contributed by atoms with van der Waals surface area (Å²) in [6, 6.07) is 1.71. The van der Waals surface area contributed by atoms with E-state index >= 15 is 0 Å².